The van der Waals surface area contributed by atoms with Crippen molar-refractivity contribution >= 4 is 43.8 Å². The smallest absolute Gasteiger partial charge is 0.269 e. The van der Waals surface area contributed by atoms with Crippen molar-refractivity contribution < 1.29 is 13.2 Å². The summed E-state index contributed by atoms with van der Waals surface area (Å²) in [6.07, 6.45) is -4.58. The molecule has 0 atom stereocenters. The summed E-state index contributed by atoms with van der Waals surface area (Å²) in [6, 6.07) is 1.96. The monoisotopic (exact) mass is 412 g/mol. The fourth-order valence-electron chi connectivity index (χ4n) is 1.81. The van der Waals surface area contributed by atoms with Gasteiger partial charge in [0.1, 0.15) is 9.76 Å². The predicted molar refractivity (Wildman–Crippen MR) is 78.4 cm³/mol. The molecule has 0 aliphatic rings. The molecule has 0 fully saturated rings. The molecule has 116 valence electrons. The Hall–Kier alpha value is -1.39. The fraction of sp³-hybridized carbons (Fsp3) is 0.182. The molecule has 0 aliphatic carbocycles. The van der Waals surface area contributed by atoms with Gasteiger partial charge >= 0.3 is 6.18 Å². The Kier molecular flexibility index (Phi) is 3.77. The SMILES string of the molecule is O=c1cc(Cn2nc(C(F)(F)F)cc2Cl)nc2scc(Br)n12. The number of nitrogens with zero attached hydrogens (tertiary/aromatic N) is 4. The van der Waals surface area contributed by atoms with E-state index >= 15 is 0 Å². The number of hydrogen-bond acceptors (Lipinski definition) is 4. The Morgan fingerprint density at radius 3 is 2.73 bits per heavy atom. The molecule has 11 heteroatoms. The van der Waals surface area contributed by atoms with Gasteiger partial charge < -0.3 is 0 Å². The van der Waals surface area contributed by atoms with E-state index < -0.39 is 11.9 Å². The molecule has 0 aliphatic heterocycles. The maximum atomic E-state index is 12.6. The summed E-state index contributed by atoms with van der Waals surface area (Å²) in [6.45, 7) is -0.129. The Morgan fingerprint density at radius 2 is 2.09 bits per heavy atom. The van der Waals surface area contributed by atoms with Crippen LogP contribution in [0.2, 0.25) is 5.15 Å². The molecule has 5 nitrogen and oxygen atoms in total. The van der Waals surface area contributed by atoms with Crippen LogP contribution in [-0.4, -0.2) is 19.2 Å². The van der Waals surface area contributed by atoms with E-state index in [1.54, 1.807) is 5.38 Å². The van der Waals surface area contributed by atoms with E-state index in [0.29, 0.717) is 9.56 Å². The van der Waals surface area contributed by atoms with Gasteiger partial charge in [0.2, 0.25) is 0 Å². The van der Waals surface area contributed by atoms with Crippen molar-refractivity contribution in [3.05, 3.63) is 49.0 Å². The van der Waals surface area contributed by atoms with Crippen LogP contribution in [0.5, 0.6) is 0 Å². The van der Waals surface area contributed by atoms with Gasteiger partial charge in [-0.2, -0.15) is 18.3 Å². The van der Waals surface area contributed by atoms with E-state index in [4.69, 9.17) is 11.6 Å². The highest BCUT2D eigenvalue weighted by molar-refractivity contribution is 9.10. The number of thiazole rings is 1. The molecule has 0 amide bonds. The zero-order valence-corrected chi connectivity index (χ0v) is 13.6. The summed E-state index contributed by atoms with van der Waals surface area (Å²) in [5.41, 5.74) is -1.15. The summed E-state index contributed by atoms with van der Waals surface area (Å²) < 4.78 is 40.6. The van der Waals surface area contributed by atoms with Crippen LogP contribution in [0.3, 0.4) is 0 Å². The molecule has 0 bridgehead atoms. The molecule has 22 heavy (non-hydrogen) atoms. The van der Waals surface area contributed by atoms with Gasteiger partial charge in [0, 0.05) is 17.5 Å². The highest BCUT2D eigenvalue weighted by Gasteiger charge is 2.34. The molecule has 3 aromatic heterocycles. The van der Waals surface area contributed by atoms with Gasteiger partial charge in [-0.05, 0) is 15.9 Å². The van der Waals surface area contributed by atoms with E-state index in [1.807, 2.05) is 0 Å². The molecule has 3 rings (SSSR count). The molecular formula is C11H5BrClF3N4OS. The average molecular weight is 414 g/mol. The zero-order chi connectivity index (χ0) is 16.1. The first kappa shape index (κ1) is 15.5. The van der Waals surface area contributed by atoms with Crippen LogP contribution in [0.25, 0.3) is 4.96 Å². The second kappa shape index (κ2) is 5.36. The summed E-state index contributed by atoms with van der Waals surface area (Å²) in [5.74, 6) is 0. The lowest BCUT2D eigenvalue weighted by Gasteiger charge is -2.04. The van der Waals surface area contributed by atoms with Crippen molar-refractivity contribution in [1.29, 1.82) is 0 Å². The van der Waals surface area contributed by atoms with Crippen molar-refractivity contribution in [3.8, 4) is 0 Å². The van der Waals surface area contributed by atoms with Crippen molar-refractivity contribution in [2.75, 3.05) is 0 Å². The van der Waals surface area contributed by atoms with Crippen molar-refractivity contribution in [2.45, 2.75) is 12.7 Å². The van der Waals surface area contributed by atoms with E-state index in [1.165, 1.54) is 21.8 Å². The van der Waals surface area contributed by atoms with Gasteiger partial charge in [-0.3, -0.25) is 4.79 Å². The second-order valence-electron chi connectivity index (χ2n) is 4.27. The Balaban J connectivity index is 2.00. The molecule has 0 saturated carbocycles. The number of hydrogen-bond donors (Lipinski definition) is 0. The van der Waals surface area contributed by atoms with Crippen LogP contribution >= 0.6 is 38.9 Å². The van der Waals surface area contributed by atoms with E-state index in [0.717, 1.165) is 10.7 Å². The lowest BCUT2D eigenvalue weighted by molar-refractivity contribution is -0.141. The highest BCUT2D eigenvalue weighted by Crippen LogP contribution is 2.30. The molecular weight excluding hydrogens is 409 g/mol. The first-order valence-electron chi connectivity index (χ1n) is 5.72. The van der Waals surface area contributed by atoms with Gasteiger partial charge in [0.05, 0.1) is 12.2 Å². The predicted octanol–water partition coefficient (Wildman–Crippen LogP) is 3.44. The van der Waals surface area contributed by atoms with E-state index in [-0.39, 0.29) is 23.0 Å². The minimum atomic E-state index is -4.58. The molecule has 0 unspecified atom stereocenters. The standard InChI is InChI=1S/C11H5BrClF3N4OS/c12-7-4-22-10-17-5(1-9(21)20(7)10)3-19-8(13)2-6(18-19)11(14,15)16/h1-2,4H,3H2. The van der Waals surface area contributed by atoms with Crippen LogP contribution in [0.4, 0.5) is 13.2 Å². The Morgan fingerprint density at radius 1 is 1.36 bits per heavy atom. The third-order valence-corrected chi connectivity index (χ3v) is 4.77. The van der Waals surface area contributed by atoms with Gasteiger partial charge in [-0.15, -0.1) is 11.3 Å². The summed E-state index contributed by atoms with van der Waals surface area (Å²) >= 11 is 10.2. The fourth-order valence-corrected chi connectivity index (χ4v) is 3.53. The minimum absolute atomic E-state index is 0.129. The summed E-state index contributed by atoms with van der Waals surface area (Å²) in [5, 5.41) is 4.91. The van der Waals surface area contributed by atoms with Gasteiger partial charge in [-0.25, -0.2) is 14.1 Å². The van der Waals surface area contributed by atoms with E-state index in [9.17, 15) is 18.0 Å². The molecule has 0 N–H and O–H groups in total. The van der Waals surface area contributed by atoms with Crippen molar-refractivity contribution in [2.24, 2.45) is 0 Å². The van der Waals surface area contributed by atoms with Gasteiger partial charge in [0.25, 0.3) is 5.56 Å². The lowest BCUT2D eigenvalue weighted by Crippen LogP contribution is -2.16. The molecule has 0 saturated heterocycles. The second-order valence-corrected chi connectivity index (χ2v) is 6.31. The normalized spacial score (nSPS) is 12.2. The molecule has 3 heterocycles. The van der Waals surface area contributed by atoms with Gasteiger partial charge in [-0.1, -0.05) is 11.6 Å². The Bertz CT molecular complexity index is 916. The van der Waals surface area contributed by atoms with Crippen LogP contribution in [-0.2, 0) is 12.7 Å². The number of halogens is 5. The van der Waals surface area contributed by atoms with Crippen molar-refractivity contribution in [3.63, 3.8) is 0 Å². The van der Waals surface area contributed by atoms with Crippen LogP contribution in [0.15, 0.2) is 26.9 Å². The number of alkyl halides is 3. The lowest BCUT2D eigenvalue weighted by atomic mass is 10.4. The first-order chi connectivity index (χ1) is 10.3. The summed E-state index contributed by atoms with van der Waals surface area (Å²) in [7, 11) is 0. The third kappa shape index (κ3) is 2.77. The molecule has 3 aromatic rings. The van der Waals surface area contributed by atoms with Crippen molar-refractivity contribution in [1.82, 2.24) is 19.2 Å². The highest BCUT2D eigenvalue weighted by atomic mass is 79.9. The maximum Gasteiger partial charge on any atom is 0.435 e. The zero-order valence-electron chi connectivity index (χ0n) is 10.4. The first-order valence-corrected chi connectivity index (χ1v) is 7.77. The van der Waals surface area contributed by atoms with E-state index in [2.05, 4.69) is 26.0 Å². The quantitative estimate of drug-likeness (QED) is 0.647. The summed E-state index contributed by atoms with van der Waals surface area (Å²) in [4.78, 5) is 16.6. The number of aromatic nitrogens is 4. The number of rotatable bonds is 2. The Labute approximate surface area is 138 Å². The molecule has 0 spiro atoms. The van der Waals surface area contributed by atoms with Gasteiger partial charge in [0.15, 0.2) is 10.7 Å². The minimum Gasteiger partial charge on any atom is -0.269 e. The average Bonchev–Trinajstić information content (AvgIpc) is 2.94. The number of fused-ring (bicyclic) bond motifs is 1. The maximum absolute atomic E-state index is 12.6. The van der Waals surface area contributed by atoms with Crippen LogP contribution < -0.4 is 5.56 Å². The van der Waals surface area contributed by atoms with Crippen LogP contribution in [0.1, 0.15) is 11.4 Å². The topological polar surface area (TPSA) is 52.2 Å². The van der Waals surface area contributed by atoms with Crippen LogP contribution in [0, 0.1) is 0 Å². The largest absolute Gasteiger partial charge is 0.435 e. The third-order valence-electron chi connectivity index (χ3n) is 2.75. The molecule has 0 aromatic carbocycles. The molecule has 0 radical (unpaired) electrons.